The minimum Gasteiger partial charge on any atom is -0.0610 e. The number of rotatable bonds is 3. The van der Waals surface area contributed by atoms with E-state index in [-0.39, 0.29) is 0 Å². The maximum Gasteiger partial charge on any atom is -0.0125 e. The second kappa shape index (κ2) is 7.95. The summed E-state index contributed by atoms with van der Waals surface area (Å²) < 4.78 is 0. The highest BCUT2D eigenvalue weighted by atomic mass is 14.1. The molecule has 0 N–H and O–H groups in total. The van der Waals surface area contributed by atoms with Gasteiger partial charge in [-0.2, -0.15) is 0 Å². The Hall–Kier alpha value is -3.12. The van der Waals surface area contributed by atoms with Crippen molar-refractivity contribution in [3.63, 3.8) is 0 Å². The van der Waals surface area contributed by atoms with Gasteiger partial charge in [-0.15, -0.1) is 0 Å². The van der Waals surface area contributed by atoms with E-state index in [9.17, 15) is 0 Å². The van der Waals surface area contributed by atoms with Gasteiger partial charge in [0.15, 0.2) is 0 Å². The Morgan fingerprint density at radius 1 is 0.367 bits per heavy atom. The second-order valence-electron chi connectivity index (χ2n) is 8.71. The molecule has 30 heavy (non-hydrogen) atoms. The molecule has 0 aromatic heterocycles. The summed E-state index contributed by atoms with van der Waals surface area (Å²) in [7, 11) is 0. The maximum absolute atomic E-state index is 2.33. The molecule has 0 atom stereocenters. The molecular formula is C30H30. The third-order valence-electron chi connectivity index (χ3n) is 5.99. The molecule has 0 aliphatic rings. The van der Waals surface area contributed by atoms with E-state index in [1.165, 1.54) is 66.8 Å². The van der Waals surface area contributed by atoms with Crippen LogP contribution in [0, 0.1) is 41.5 Å². The minimum absolute atomic E-state index is 1.26. The predicted molar refractivity (Wildman–Crippen MR) is 131 cm³/mol. The fourth-order valence-electron chi connectivity index (χ4n) is 4.98. The van der Waals surface area contributed by atoms with Crippen LogP contribution in [0.25, 0.3) is 33.4 Å². The van der Waals surface area contributed by atoms with Gasteiger partial charge in [-0.3, -0.25) is 0 Å². The highest BCUT2D eigenvalue weighted by molar-refractivity contribution is 5.80. The molecule has 0 bridgehead atoms. The lowest BCUT2D eigenvalue weighted by molar-refractivity contribution is 1.32. The van der Waals surface area contributed by atoms with Crippen molar-refractivity contribution < 1.29 is 0 Å². The van der Waals surface area contributed by atoms with Crippen LogP contribution in [0.3, 0.4) is 0 Å². The Morgan fingerprint density at radius 2 is 0.667 bits per heavy atom. The topological polar surface area (TPSA) is 0 Å². The third kappa shape index (κ3) is 3.83. The van der Waals surface area contributed by atoms with Crippen LogP contribution in [-0.4, -0.2) is 0 Å². The van der Waals surface area contributed by atoms with Crippen LogP contribution in [0.15, 0.2) is 72.8 Å². The molecule has 0 saturated heterocycles. The van der Waals surface area contributed by atoms with E-state index < -0.39 is 0 Å². The predicted octanol–water partition coefficient (Wildman–Crippen LogP) is 8.54. The lowest BCUT2D eigenvalue weighted by atomic mass is 9.90. The van der Waals surface area contributed by atoms with Crippen LogP contribution in [-0.2, 0) is 0 Å². The van der Waals surface area contributed by atoms with Gasteiger partial charge in [0, 0.05) is 0 Å². The Bertz CT molecular complexity index is 1100. The number of hydrogen-bond acceptors (Lipinski definition) is 0. The summed E-state index contributed by atoms with van der Waals surface area (Å²) in [6, 6.07) is 27.0. The molecule has 0 heterocycles. The van der Waals surface area contributed by atoms with E-state index in [1.807, 2.05) is 0 Å². The molecule has 0 amide bonds. The normalized spacial score (nSPS) is 11.0. The van der Waals surface area contributed by atoms with Crippen molar-refractivity contribution >= 4 is 0 Å². The largest absolute Gasteiger partial charge is 0.0610 e. The Balaban J connectivity index is 1.81. The molecular weight excluding hydrogens is 360 g/mol. The van der Waals surface area contributed by atoms with Gasteiger partial charge in [0.2, 0.25) is 0 Å². The van der Waals surface area contributed by atoms with Crippen molar-refractivity contribution in [2.75, 3.05) is 0 Å². The molecule has 0 radical (unpaired) electrons. The summed E-state index contributed by atoms with van der Waals surface area (Å²) in [5, 5.41) is 0. The van der Waals surface area contributed by atoms with Gasteiger partial charge in [-0.1, -0.05) is 71.8 Å². The van der Waals surface area contributed by atoms with Crippen molar-refractivity contribution in [1.29, 1.82) is 0 Å². The van der Waals surface area contributed by atoms with Crippen molar-refractivity contribution in [2.45, 2.75) is 41.5 Å². The molecule has 0 spiro atoms. The zero-order valence-electron chi connectivity index (χ0n) is 18.9. The average molecular weight is 391 g/mol. The van der Waals surface area contributed by atoms with Gasteiger partial charge < -0.3 is 0 Å². The first-order valence-corrected chi connectivity index (χ1v) is 10.7. The summed E-state index contributed by atoms with van der Waals surface area (Å²) in [4.78, 5) is 0. The Kier molecular flexibility index (Phi) is 5.35. The molecule has 4 rings (SSSR count). The van der Waals surface area contributed by atoms with Gasteiger partial charge in [-0.25, -0.2) is 0 Å². The van der Waals surface area contributed by atoms with E-state index in [2.05, 4.69) is 114 Å². The van der Waals surface area contributed by atoms with E-state index in [4.69, 9.17) is 0 Å². The first kappa shape index (κ1) is 20.2. The SMILES string of the molecule is Cc1cc(C)c(-c2cccc(-c3cccc(-c4c(C)cc(C)cc4C)c3)c2)c(C)c1. The molecule has 0 saturated carbocycles. The van der Waals surface area contributed by atoms with Crippen molar-refractivity contribution in [3.05, 3.63) is 106 Å². The fraction of sp³-hybridized carbons (Fsp3) is 0.200. The summed E-state index contributed by atoms with van der Waals surface area (Å²) in [5.74, 6) is 0. The summed E-state index contributed by atoms with van der Waals surface area (Å²) in [6.07, 6.45) is 0. The number of aryl methyl sites for hydroxylation is 6. The van der Waals surface area contributed by atoms with Gasteiger partial charge in [0.25, 0.3) is 0 Å². The lowest BCUT2D eigenvalue weighted by Gasteiger charge is -2.15. The summed E-state index contributed by atoms with van der Waals surface area (Å²) in [5.41, 5.74) is 15.8. The molecule has 0 nitrogen and oxygen atoms in total. The van der Waals surface area contributed by atoms with Gasteiger partial charge in [0.1, 0.15) is 0 Å². The minimum atomic E-state index is 1.26. The monoisotopic (exact) mass is 390 g/mol. The van der Waals surface area contributed by atoms with Crippen LogP contribution in [0.4, 0.5) is 0 Å². The Morgan fingerprint density at radius 3 is 1.00 bits per heavy atom. The van der Waals surface area contributed by atoms with Crippen molar-refractivity contribution in [2.24, 2.45) is 0 Å². The zero-order valence-corrected chi connectivity index (χ0v) is 18.9. The molecule has 0 aliphatic carbocycles. The maximum atomic E-state index is 2.33. The quantitative estimate of drug-likeness (QED) is 0.329. The zero-order chi connectivity index (χ0) is 21.4. The molecule has 0 heteroatoms. The van der Waals surface area contributed by atoms with E-state index in [0.29, 0.717) is 0 Å². The van der Waals surface area contributed by atoms with Crippen molar-refractivity contribution in [3.8, 4) is 33.4 Å². The average Bonchev–Trinajstić information content (AvgIpc) is 2.67. The highest BCUT2D eigenvalue weighted by Crippen LogP contribution is 2.34. The first-order valence-electron chi connectivity index (χ1n) is 10.7. The summed E-state index contributed by atoms with van der Waals surface area (Å²) in [6.45, 7) is 13.2. The number of benzene rings is 4. The second-order valence-corrected chi connectivity index (χ2v) is 8.71. The van der Waals surface area contributed by atoms with Gasteiger partial charge in [0.05, 0.1) is 0 Å². The van der Waals surface area contributed by atoms with Gasteiger partial charge >= 0.3 is 0 Å². The molecule has 0 unspecified atom stereocenters. The van der Waals surface area contributed by atoms with Crippen molar-refractivity contribution in [1.82, 2.24) is 0 Å². The third-order valence-corrected chi connectivity index (χ3v) is 5.99. The molecule has 0 aliphatic heterocycles. The van der Waals surface area contributed by atoms with E-state index in [1.54, 1.807) is 0 Å². The lowest BCUT2D eigenvalue weighted by Crippen LogP contribution is -1.92. The smallest absolute Gasteiger partial charge is 0.0125 e. The first-order chi connectivity index (χ1) is 14.3. The summed E-state index contributed by atoms with van der Waals surface area (Å²) >= 11 is 0. The fourth-order valence-corrected chi connectivity index (χ4v) is 4.98. The van der Waals surface area contributed by atoms with E-state index >= 15 is 0 Å². The van der Waals surface area contributed by atoms with Crippen LogP contribution in [0.1, 0.15) is 33.4 Å². The molecule has 150 valence electrons. The standard InChI is InChI=1S/C30H30/c1-19-13-21(3)29(22(4)14-19)27-11-7-9-25(17-27)26-10-8-12-28(18-26)30-23(5)15-20(2)16-24(30)6/h7-18H,1-6H3. The van der Waals surface area contributed by atoms with Crippen LogP contribution >= 0.6 is 0 Å². The molecule has 0 fully saturated rings. The van der Waals surface area contributed by atoms with Crippen LogP contribution in [0.2, 0.25) is 0 Å². The Labute approximate surface area is 181 Å². The van der Waals surface area contributed by atoms with Crippen LogP contribution < -0.4 is 0 Å². The molecule has 4 aromatic carbocycles. The number of hydrogen-bond donors (Lipinski definition) is 0. The molecule has 4 aromatic rings. The van der Waals surface area contributed by atoms with E-state index in [0.717, 1.165) is 0 Å². The van der Waals surface area contributed by atoms with Crippen LogP contribution in [0.5, 0.6) is 0 Å². The van der Waals surface area contributed by atoms with Gasteiger partial charge in [-0.05, 0) is 109 Å². The highest BCUT2D eigenvalue weighted by Gasteiger charge is 2.10.